The first-order chi connectivity index (χ1) is 7.24. The van der Waals surface area contributed by atoms with Gasteiger partial charge in [0.25, 0.3) is 0 Å². The monoisotopic (exact) mass is 247 g/mol. The molecule has 1 saturated heterocycles. The average Bonchev–Trinajstić information content (AvgIpc) is 2.17. The number of nitrogens with one attached hydrogen (secondary N) is 1. The normalized spacial score (nSPS) is 23.3. The number of halogens is 1. The zero-order chi connectivity index (χ0) is 10.7. The molecule has 2 rings (SSSR count). The molecule has 3 nitrogen and oxygen atoms in total. The summed E-state index contributed by atoms with van der Waals surface area (Å²) in [6, 6.07) is 0. The molecule has 1 N–H and O–H groups in total. The van der Waals surface area contributed by atoms with Crippen molar-refractivity contribution >= 4 is 18.4 Å². The van der Waals surface area contributed by atoms with Gasteiger partial charge in [-0.3, -0.25) is 4.79 Å². The molecule has 0 unspecified atom stereocenters. The lowest BCUT2D eigenvalue weighted by Crippen LogP contribution is -2.45. The van der Waals surface area contributed by atoms with E-state index in [1.165, 1.54) is 25.7 Å². The number of carbonyl (C=O) groups is 1. The Morgan fingerprint density at radius 3 is 2.56 bits per heavy atom. The SMILES string of the molecule is CCOC(=O)CC1CC2(CCNCC2)C1.Cl. The first-order valence-electron chi connectivity index (χ1n) is 6.10. The van der Waals surface area contributed by atoms with Gasteiger partial charge in [-0.25, -0.2) is 0 Å². The quantitative estimate of drug-likeness (QED) is 0.777. The van der Waals surface area contributed by atoms with Crippen LogP contribution in [0, 0.1) is 11.3 Å². The van der Waals surface area contributed by atoms with Gasteiger partial charge in [0.2, 0.25) is 0 Å². The molecule has 1 spiro atoms. The van der Waals surface area contributed by atoms with Gasteiger partial charge in [0.05, 0.1) is 6.61 Å². The molecule has 1 aliphatic carbocycles. The lowest BCUT2D eigenvalue weighted by atomic mass is 9.57. The van der Waals surface area contributed by atoms with Gasteiger partial charge < -0.3 is 10.1 Å². The Morgan fingerprint density at radius 1 is 1.38 bits per heavy atom. The fraction of sp³-hybridized carbons (Fsp3) is 0.917. The highest BCUT2D eigenvalue weighted by Crippen LogP contribution is 2.52. The van der Waals surface area contributed by atoms with Crippen LogP contribution >= 0.6 is 12.4 Å². The van der Waals surface area contributed by atoms with Gasteiger partial charge in [-0.1, -0.05) is 0 Å². The van der Waals surface area contributed by atoms with E-state index in [-0.39, 0.29) is 18.4 Å². The fourth-order valence-electron chi connectivity index (χ4n) is 3.13. The molecule has 0 aromatic carbocycles. The van der Waals surface area contributed by atoms with E-state index in [2.05, 4.69) is 5.32 Å². The molecule has 2 fully saturated rings. The van der Waals surface area contributed by atoms with E-state index in [0.717, 1.165) is 13.1 Å². The maximum atomic E-state index is 11.3. The summed E-state index contributed by atoms with van der Waals surface area (Å²) in [5.74, 6) is 0.591. The molecule has 0 radical (unpaired) electrons. The molecule has 1 saturated carbocycles. The summed E-state index contributed by atoms with van der Waals surface area (Å²) in [4.78, 5) is 11.3. The maximum Gasteiger partial charge on any atom is 0.306 e. The van der Waals surface area contributed by atoms with Crippen molar-refractivity contribution in [3.63, 3.8) is 0 Å². The molecule has 4 heteroatoms. The van der Waals surface area contributed by atoms with E-state index in [0.29, 0.717) is 24.4 Å². The van der Waals surface area contributed by atoms with E-state index in [1.807, 2.05) is 6.92 Å². The summed E-state index contributed by atoms with van der Waals surface area (Å²) in [7, 11) is 0. The molecule has 0 bridgehead atoms. The van der Waals surface area contributed by atoms with Crippen LogP contribution in [-0.4, -0.2) is 25.7 Å². The Kier molecular flexibility index (Phi) is 5.06. The predicted molar refractivity (Wildman–Crippen MR) is 65.8 cm³/mol. The number of rotatable bonds is 3. The summed E-state index contributed by atoms with van der Waals surface area (Å²) < 4.78 is 4.97. The van der Waals surface area contributed by atoms with Crippen molar-refractivity contribution in [1.82, 2.24) is 5.32 Å². The summed E-state index contributed by atoms with van der Waals surface area (Å²) in [5, 5.41) is 3.39. The van der Waals surface area contributed by atoms with Gasteiger partial charge >= 0.3 is 5.97 Å². The number of piperidine rings is 1. The van der Waals surface area contributed by atoms with Crippen molar-refractivity contribution in [2.45, 2.75) is 39.0 Å². The number of carbonyl (C=O) groups excluding carboxylic acids is 1. The van der Waals surface area contributed by atoms with Crippen molar-refractivity contribution in [2.24, 2.45) is 11.3 Å². The summed E-state index contributed by atoms with van der Waals surface area (Å²) >= 11 is 0. The molecule has 0 aromatic rings. The standard InChI is InChI=1S/C12H21NO2.ClH/c1-2-15-11(14)7-10-8-12(9-10)3-5-13-6-4-12;/h10,13H,2-9H2,1H3;1H. The van der Waals surface area contributed by atoms with Gasteiger partial charge in [0, 0.05) is 6.42 Å². The second-order valence-electron chi connectivity index (χ2n) is 5.03. The Bertz CT molecular complexity index is 231. The summed E-state index contributed by atoms with van der Waals surface area (Å²) in [5.41, 5.74) is 0.586. The fourth-order valence-corrected chi connectivity index (χ4v) is 3.13. The highest BCUT2D eigenvalue weighted by molar-refractivity contribution is 5.85. The molecule has 0 amide bonds. The Morgan fingerprint density at radius 2 is 2.00 bits per heavy atom. The Labute approximate surface area is 104 Å². The molecular formula is C12H22ClNO2. The highest BCUT2D eigenvalue weighted by atomic mass is 35.5. The van der Waals surface area contributed by atoms with Crippen LogP contribution < -0.4 is 5.32 Å². The van der Waals surface area contributed by atoms with E-state index in [9.17, 15) is 4.79 Å². The van der Waals surface area contributed by atoms with Gasteiger partial charge in [-0.2, -0.15) is 0 Å². The third-order valence-electron chi connectivity index (χ3n) is 3.87. The van der Waals surface area contributed by atoms with Crippen LogP contribution in [0.25, 0.3) is 0 Å². The lowest BCUT2D eigenvalue weighted by Gasteiger charge is -2.50. The van der Waals surface area contributed by atoms with Crippen molar-refractivity contribution in [3.05, 3.63) is 0 Å². The molecule has 16 heavy (non-hydrogen) atoms. The van der Waals surface area contributed by atoms with E-state index >= 15 is 0 Å². The van der Waals surface area contributed by atoms with Crippen LogP contribution in [0.4, 0.5) is 0 Å². The average molecular weight is 248 g/mol. The topological polar surface area (TPSA) is 38.3 Å². The van der Waals surface area contributed by atoms with Crippen molar-refractivity contribution < 1.29 is 9.53 Å². The zero-order valence-electron chi connectivity index (χ0n) is 9.96. The van der Waals surface area contributed by atoms with Crippen molar-refractivity contribution in [1.29, 1.82) is 0 Å². The minimum Gasteiger partial charge on any atom is -0.466 e. The minimum atomic E-state index is -0.00807. The number of esters is 1. The predicted octanol–water partition coefficient (Wildman–Crippen LogP) is 2.14. The van der Waals surface area contributed by atoms with Crippen molar-refractivity contribution in [2.75, 3.05) is 19.7 Å². The maximum absolute atomic E-state index is 11.3. The Balaban J connectivity index is 0.00000128. The van der Waals surface area contributed by atoms with Gasteiger partial charge in [-0.05, 0) is 57.0 Å². The summed E-state index contributed by atoms with van der Waals surface area (Å²) in [6.45, 7) is 4.70. The molecule has 2 aliphatic rings. The van der Waals surface area contributed by atoms with Crippen molar-refractivity contribution in [3.8, 4) is 0 Å². The molecule has 1 aliphatic heterocycles. The van der Waals surface area contributed by atoms with Gasteiger partial charge in [-0.15, -0.1) is 12.4 Å². The van der Waals surface area contributed by atoms with Crippen LogP contribution in [0.15, 0.2) is 0 Å². The first-order valence-corrected chi connectivity index (χ1v) is 6.10. The smallest absolute Gasteiger partial charge is 0.306 e. The molecular weight excluding hydrogens is 226 g/mol. The number of hydrogen-bond acceptors (Lipinski definition) is 3. The highest BCUT2D eigenvalue weighted by Gasteiger charge is 2.44. The van der Waals surface area contributed by atoms with E-state index in [1.54, 1.807) is 0 Å². The van der Waals surface area contributed by atoms with Gasteiger partial charge in [0.15, 0.2) is 0 Å². The third kappa shape index (κ3) is 3.11. The zero-order valence-corrected chi connectivity index (χ0v) is 10.8. The molecule has 0 aromatic heterocycles. The van der Waals surface area contributed by atoms with Crippen LogP contribution in [-0.2, 0) is 9.53 Å². The number of ether oxygens (including phenoxy) is 1. The van der Waals surface area contributed by atoms with Gasteiger partial charge in [0.1, 0.15) is 0 Å². The molecule has 94 valence electrons. The first kappa shape index (κ1) is 13.8. The Hall–Kier alpha value is -0.280. The summed E-state index contributed by atoms with van der Waals surface area (Å²) in [6.07, 6.45) is 5.72. The minimum absolute atomic E-state index is 0. The van der Waals surface area contributed by atoms with E-state index < -0.39 is 0 Å². The third-order valence-corrected chi connectivity index (χ3v) is 3.87. The van der Waals surface area contributed by atoms with Crippen LogP contribution in [0.2, 0.25) is 0 Å². The lowest BCUT2D eigenvalue weighted by molar-refractivity contribution is -0.146. The van der Waals surface area contributed by atoms with Crippen LogP contribution in [0.3, 0.4) is 0 Å². The van der Waals surface area contributed by atoms with E-state index in [4.69, 9.17) is 4.74 Å². The molecule has 1 heterocycles. The van der Waals surface area contributed by atoms with Crippen LogP contribution in [0.1, 0.15) is 39.0 Å². The largest absolute Gasteiger partial charge is 0.466 e. The second-order valence-corrected chi connectivity index (χ2v) is 5.03. The molecule has 0 atom stereocenters. The second kappa shape index (κ2) is 5.87. The number of hydrogen-bond donors (Lipinski definition) is 1. The van der Waals surface area contributed by atoms with Crippen LogP contribution in [0.5, 0.6) is 0 Å².